The van der Waals surface area contributed by atoms with Crippen LogP contribution in [0.2, 0.25) is 0 Å². The van der Waals surface area contributed by atoms with Crippen LogP contribution in [0.4, 0.5) is 5.69 Å². The molecule has 1 aromatic carbocycles. The van der Waals surface area contributed by atoms with Gasteiger partial charge in [-0.25, -0.2) is 8.42 Å². The van der Waals surface area contributed by atoms with Crippen LogP contribution < -0.4 is 5.73 Å². The molecular formula is C16H27NO2S. The Hall–Kier alpha value is -1.03. The normalized spacial score (nSPS) is 11.7. The average molecular weight is 297 g/mol. The molecule has 0 unspecified atom stereocenters. The highest BCUT2D eigenvalue weighted by Gasteiger charge is 2.13. The Bertz CT molecular complexity index is 466. The van der Waals surface area contributed by atoms with Crippen molar-refractivity contribution in [3.8, 4) is 0 Å². The summed E-state index contributed by atoms with van der Waals surface area (Å²) >= 11 is 0. The zero-order valence-corrected chi connectivity index (χ0v) is 13.3. The second kappa shape index (κ2) is 9.01. The first kappa shape index (κ1) is 17.0. The molecule has 0 heterocycles. The van der Waals surface area contributed by atoms with Gasteiger partial charge in [-0.1, -0.05) is 51.9 Å². The van der Waals surface area contributed by atoms with Crippen molar-refractivity contribution in [1.82, 2.24) is 0 Å². The molecule has 20 heavy (non-hydrogen) atoms. The Kier molecular flexibility index (Phi) is 7.67. The number of nitrogens with two attached hydrogens (primary N) is 1. The van der Waals surface area contributed by atoms with Crippen LogP contribution in [0.15, 0.2) is 29.2 Å². The molecule has 0 saturated heterocycles. The van der Waals surface area contributed by atoms with E-state index in [9.17, 15) is 8.42 Å². The summed E-state index contributed by atoms with van der Waals surface area (Å²) in [7, 11) is -3.13. The maximum Gasteiger partial charge on any atom is 0.178 e. The molecule has 114 valence electrons. The van der Waals surface area contributed by atoms with Gasteiger partial charge in [0.1, 0.15) is 0 Å². The summed E-state index contributed by atoms with van der Waals surface area (Å²) in [5, 5.41) is 0. The van der Waals surface area contributed by atoms with Crippen LogP contribution in [0.25, 0.3) is 0 Å². The third kappa shape index (κ3) is 6.42. The lowest BCUT2D eigenvalue weighted by Gasteiger charge is -2.05. The first-order chi connectivity index (χ1) is 9.56. The van der Waals surface area contributed by atoms with Gasteiger partial charge in [0.15, 0.2) is 9.84 Å². The molecule has 0 atom stereocenters. The number of unbranched alkanes of at least 4 members (excludes halogenated alkanes) is 7. The first-order valence-corrected chi connectivity index (χ1v) is 9.30. The van der Waals surface area contributed by atoms with Crippen LogP contribution in [0.1, 0.15) is 58.3 Å². The molecule has 4 heteroatoms. The third-order valence-corrected chi connectivity index (χ3v) is 5.32. The van der Waals surface area contributed by atoms with Crippen molar-refractivity contribution in [2.75, 3.05) is 11.5 Å². The lowest BCUT2D eigenvalue weighted by Crippen LogP contribution is -2.06. The minimum absolute atomic E-state index is 0.242. The molecule has 0 spiro atoms. The Balaban J connectivity index is 2.22. The minimum atomic E-state index is -3.13. The predicted molar refractivity (Wildman–Crippen MR) is 85.5 cm³/mol. The lowest BCUT2D eigenvalue weighted by atomic mass is 10.1. The Labute approximate surface area is 123 Å². The van der Waals surface area contributed by atoms with Crippen molar-refractivity contribution in [1.29, 1.82) is 0 Å². The molecule has 0 aliphatic carbocycles. The third-order valence-electron chi connectivity index (χ3n) is 3.51. The smallest absolute Gasteiger partial charge is 0.178 e. The molecule has 0 radical (unpaired) electrons. The highest BCUT2D eigenvalue weighted by Crippen LogP contribution is 2.16. The van der Waals surface area contributed by atoms with Gasteiger partial charge >= 0.3 is 0 Å². The first-order valence-electron chi connectivity index (χ1n) is 7.64. The number of sulfone groups is 1. The van der Waals surface area contributed by atoms with E-state index >= 15 is 0 Å². The van der Waals surface area contributed by atoms with E-state index in [0.29, 0.717) is 10.6 Å². The molecule has 1 rings (SSSR count). The van der Waals surface area contributed by atoms with Gasteiger partial charge in [0.2, 0.25) is 0 Å². The number of benzene rings is 1. The Morgan fingerprint density at radius 1 is 0.850 bits per heavy atom. The molecule has 0 fully saturated rings. The second-order valence-electron chi connectivity index (χ2n) is 5.36. The molecule has 1 aromatic rings. The van der Waals surface area contributed by atoms with Crippen LogP contribution in [-0.4, -0.2) is 14.2 Å². The summed E-state index contributed by atoms with van der Waals surface area (Å²) in [6.45, 7) is 2.21. The van der Waals surface area contributed by atoms with Crippen LogP contribution in [0, 0.1) is 0 Å². The topological polar surface area (TPSA) is 60.2 Å². The van der Waals surface area contributed by atoms with Crippen molar-refractivity contribution >= 4 is 15.5 Å². The largest absolute Gasteiger partial charge is 0.399 e. The number of anilines is 1. The van der Waals surface area contributed by atoms with Gasteiger partial charge in [0, 0.05) is 5.69 Å². The molecule has 0 bridgehead atoms. The van der Waals surface area contributed by atoms with Crippen LogP contribution in [0.5, 0.6) is 0 Å². The maximum atomic E-state index is 12.1. The monoisotopic (exact) mass is 297 g/mol. The van der Waals surface area contributed by atoms with Crippen molar-refractivity contribution < 1.29 is 8.42 Å². The van der Waals surface area contributed by atoms with Crippen molar-refractivity contribution in [2.45, 2.75) is 63.2 Å². The summed E-state index contributed by atoms with van der Waals surface area (Å²) in [5.41, 5.74) is 6.16. The Morgan fingerprint density at radius 3 is 1.90 bits per heavy atom. The van der Waals surface area contributed by atoms with Gasteiger partial charge in [0.05, 0.1) is 10.6 Å². The van der Waals surface area contributed by atoms with E-state index in [1.165, 1.54) is 32.1 Å². The minimum Gasteiger partial charge on any atom is -0.399 e. The number of hydrogen-bond acceptors (Lipinski definition) is 3. The molecule has 2 N–H and O–H groups in total. The standard InChI is InChI=1S/C16H27NO2S/c1-2-3-4-5-6-7-8-9-14-20(18,19)16-12-10-15(17)11-13-16/h10-13H,2-9,14,17H2,1H3. The van der Waals surface area contributed by atoms with Gasteiger partial charge in [0.25, 0.3) is 0 Å². The maximum absolute atomic E-state index is 12.1. The molecule has 0 aromatic heterocycles. The van der Waals surface area contributed by atoms with Gasteiger partial charge < -0.3 is 5.73 Å². The highest BCUT2D eigenvalue weighted by atomic mass is 32.2. The van der Waals surface area contributed by atoms with E-state index < -0.39 is 9.84 Å². The van der Waals surface area contributed by atoms with Crippen molar-refractivity contribution in [2.24, 2.45) is 0 Å². The van der Waals surface area contributed by atoms with Gasteiger partial charge in [-0.2, -0.15) is 0 Å². The Morgan fingerprint density at radius 2 is 1.35 bits per heavy atom. The van der Waals surface area contributed by atoms with Crippen LogP contribution in [-0.2, 0) is 9.84 Å². The van der Waals surface area contributed by atoms with E-state index in [0.717, 1.165) is 19.3 Å². The van der Waals surface area contributed by atoms with E-state index in [-0.39, 0.29) is 5.75 Å². The molecule has 3 nitrogen and oxygen atoms in total. The van der Waals surface area contributed by atoms with Crippen LogP contribution in [0.3, 0.4) is 0 Å². The highest BCUT2D eigenvalue weighted by molar-refractivity contribution is 7.91. The number of hydrogen-bond donors (Lipinski definition) is 1. The summed E-state index contributed by atoms with van der Waals surface area (Å²) in [5.74, 6) is 0.242. The molecule has 0 aliphatic rings. The summed E-state index contributed by atoms with van der Waals surface area (Å²) in [6, 6.07) is 6.46. The van der Waals surface area contributed by atoms with E-state index in [4.69, 9.17) is 5.73 Å². The van der Waals surface area contributed by atoms with Crippen molar-refractivity contribution in [3.05, 3.63) is 24.3 Å². The quantitative estimate of drug-likeness (QED) is 0.520. The fourth-order valence-corrected chi connectivity index (χ4v) is 3.59. The van der Waals surface area contributed by atoms with Gasteiger partial charge in [-0.3, -0.25) is 0 Å². The van der Waals surface area contributed by atoms with Crippen molar-refractivity contribution in [3.63, 3.8) is 0 Å². The average Bonchev–Trinajstić information content (AvgIpc) is 2.42. The molecule has 0 aliphatic heterocycles. The second-order valence-corrected chi connectivity index (χ2v) is 7.47. The van der Waals surface area contributed by atoms with E-state index in [1.54, 1.807) is 24.3 Å². The summed E-state index contributed by atoms with van der Waals surface area (Å²) in [6.07, 6.45) is 9.27. The fraction of sp³-hybridized carbons (Fsp3) is 0.625. The zero-order chi connectivity index (χ0) is 14.8. The van der Waals surface area contributed by atoms with E-state index in [1.807, 2.05) is 0 Å². The number of nitrogen functional groups attached to an aromatic ring is 1. The molecular weight excluding hydrogens is 270 g/mol. The SMILES string of the molecule is CCCCCCCCCCS(=O)(=O)c1ccc(N)cc1. The predicted octanol–water partition coefficient (Wildman–Crippen LogP) is 4.18. The molecule has 0 amide bonds. The summed E-state index contributed by atoms with van der Waals surface area (Å²) < 4.78 is 24.2. The lowest BCUT2D eigenvalue weighted by molar-refractivity contribution is 0.572. The van der Waals surface area contributed by atoms with Crippen LogP contribution >= 0.6 is 0 Å². The van der Waals surface area contributed by atoms with Gasteiger partial charge in [-0.15, -0.1) is 0 Å². The fourth-order valence-electron chi connectivity index (χ4n) is 2.22. The summed E-state index contributed by atoms with van der Waals surface area (Å²) in [4.78, 5) is 0.384. The molecule has 0 saturated carbocycles. The van der Waals surface area contributed by atoms with Gasteiger partial charge in [-0.05, 0) is 30.7 Å². The zero-order valence-electron chi connectivity index (χ0n) is 12.5. The number of rotatable bonds is 10. The van der Waals surface area contributed by atoms with E-state index in [2.05, 4.69) is 6.92 Å².